The van der Waals surface area contributed by atoms with Crippen LogP contribution in [0.15, 0.2) is 12.2 Å². The summed E-state index contributed by atoms with van der Waals surface area (Å²) in [7, 11) is 0. The van der Waals surface area contributed by atoms with E-state index < -0.39 is 31.0 Å². The quantitative estimate of drug-likeness (QED) is 0.234. The topological polar surface area (TPSA) is 114 Å². The van der Waals surface area contributed by atoms with E-state index in [1.807, 2.05) is 0 Å². The molecule has 5 unspecified atom stereocenters. The lowest BCUT2D eigenvalue weighted by atomic mass is 10.2. The van der Waals surface area contributed by atoms with Crippen LogP contribution in [0.3, 0.4) is 0 Å². The number of ether oxygens (including phenoxy) is 1. The van der Waals surface area contributed by atoms with Crippen LogP contribution in [0.25, 0.3) is 0 Å². The van der Waals surface area contributed by atoms with E-state index in [1.54, 1.807) is 6.92 Å². The molecule has 1 heterocycles. The summed E-state index contributed by atoms with van der Waals surface area (Å²) in [5.41, 5.74) is 0.464. The number of nitrogens with one attached hydrogen (secondary N) is 2. The maximum absolute atomic E-state index is 9.53. The van der Waals surface area contributed by atoms with E-state index in [2.05, 4.69) is 17.2 Å². The average Bonchev–Trinajstić information content (AvgIpc) is 2.58. The lowest BCUT2D eigenvalue weighted by Gasteiger charge is -2.22. The molecule has 0 aliphatic carbocycles. The molecule has 1 rings (SSSR count). The van der Waals surface area contributed by atoms with Gasteiger partial charge in [-0.15, -0.1) is 0 Å². The van der Waals surface area contributed by atoms with Gasteiger partial charge in [0, 0.05) is 6.42 Å². The highest BCUT2D eigenvalue weighted by Crippen LogP contribution is 2.18. The van der Waals surface area contributed by atoms with Crippen molar-refractivity contribution in [2.24, 2.45) is 0 Å². The first-order valence-electron chi connectivity index (χ1n) is 5.42. The number of hydrogen-bond donors (Lipinski definition) is 6. The van der Waals surface area contributed by atoms with Gasteiger partial charge in [-0.2, -0.15) is 0 Å². The van der Waals surface area contributed by atoms with Crippen LogP contribution in [-0.2, 0) is 4.74 Å². The maximum atomic E-state index is 9.53. The van der Waals surface area contributed by atoms with Crippen LogP contribution in [0.4, 0.5) is 0 Å². The molecule has 0 aromatic heterocycles. The normalized spacial score (nSPS) is 32.4. The molecular formula is C10H20N2O5. The predicted octanol–water partition coefficient (Wildman–Crippen LogP) is -2.20. The third-order valence-corrected chi connectivity index (χ3v) is 2.53. The molecule has 7 nitrogen and oxygen atoms in total. The minimum Gasteiger partial charge on any atom is -0.394 e. The van der Waals surface area contributed by atoms with Crippen LogP contribution in [0, 0.1) is 0 Å². The molecule has 0 radical (unpaired) electrons. The van der Waals surface area contributed by atoms with Gasteiger partial charge in [0.2, 0.25) is 0 Å². The summed E-state index contributed by atoms with van der Waals surface area (Å²) in [6, 6.07) is 0. The van der Waals surface area contributed by atoms with Crippen molar-refractivity contribution in [3.63, 3.8) is 0 Å². The monoisotopic (exact) mass is 248 g/mol. The Morgan fingerprint density at radius 1 is 1.53 bits per heavy atom. The fourth-order valence-electron chi connectivity index (χ4n) is 1.52. The Morgan fingerprint density at radius 3 is 2.65 bits per heavy atom. The average molecular weight is 248 g/mol. The highest BCUT2D eigenvalue weighted by molar-refractivity contribution is 4.95. The Balaban J connectivity index is 2.32. The van der Waals surface area contributed by atoms with Crippen molar-refractivity contribution in [1.29, 1.82) is 0 Å². The summed E-state index contributed by atoms with van der Waals surface area (Å²) in [5, 5.41) is 42.3. The molecule has 0 aromatic carbocycles. The molecule has 0 bridgehead atoms. The molecule has 1 aliphatic rings. The van der Waals surface area contributed by atoms with E-state index >= 15 is 0 Å². The molecule has 5 atom stereocenters. The van der Waals surface area contributed by atoms with Gasteiger partial charge >= 0.3 is 0 Å². The predicted molar refractivity (Wildman–Crippen MR) is 59.5 cm³/mol. The van der Waals surface area contributed by atoms with Crippen LogP contribution >= 0.6 is 0 Å². The number of aliphatic hydroxyl groups excluding tert-OH is 4. The summed E-state index contributed by atoms with van der Waals surface area (Å²) in [5.74, 6) is 0. The summed E-state index contributed by atoms with van der Waals surface area (Å²) < 4.78 is 5.22. The zero-order valence-electron chi connectivity index (χ0n) is 9.71. The van der Waals surface area contributed by atoms with Crippen LogP contribution < -0.4 is 10.6 Å². The van der Waals surface area contributed by atoms with Crippen molar-refractivity contribution >= 4 is 0 Å². The largest absolute Gasteiger partial charge is 0.394 e. The zero-order valence-corrected chi connectivity index (χ0v) is 9.71. The first kappa shape index (κ1) is 14.5. The van der Waals surface area contributed by atoms with E-state index in [-0.39, 0.29) is 13.0 Å². The number of rotatable bonds is 6. The molecule has 17 heavy (non-hydrogen) atoms. The van der Waals surface area contributed by atoms with Gasteiger partial charge in [0.05, 0.1) is 12.7 Å². The van der Waals surface area contributed by atoms with Crippen molar-refractivity contribution in [2.75, 3.05) is 6.61 Å². The van der Waals surface area contributed by atoms with Crippen molar-refractivity contribution in [1.82, 2.24) is 10.6 Å². The van der Waals surface area contributed by atoms with Crippen LogP contribution in [-0.4, -0.2) is 58.0 Å². The SMILES string of the molecule is C=C(C)C(O)NC(O)NC1CC(O)C(CO)O1. The molecule has 0 aromatic rings. The summed E-state index contributed by atoms with van der Waals surface area (Å²) in [6.07, 6.45) is -3.97. The van der Waals surface area contributed by atoms with Gasteiger partial charge in [-0.25, -0.2) is 0 Å². The second-order valence-electron chi connectivity index (χ2n) is 4.13. The van der Waals surface area contributed by atoms with E-state index in [4.69, 9.17) is 9.84 Å². The van der Waals surface area contributed by atoms with Gasteiger partial charge in [0.25, 0.3) is 0 Å². The van der Waals surface area contributed by atoms with E-state index in [0.29, 0.717) is 5.57 Å². The minimum absolute atomic E-state index is 0.257. The molecule has 0 spiro atoms. The standard InChI is InChI=1S/C10H20N2O5/c1-5(2)9(15)12-10(16)11-8-3-6(14)7(4-13)17-8/h6-16H,1,3-4H2,2H3. The van der Waals surface area contributed by atoms with Gasteiger partial charge in [-0.1, -0.05) is 6.58 Å². The Morgan fingerprint density at radius 2 is 2.18 bits per heavy atom. The Bertz CT molecular complexity index is 263. The highest BCUT2D eigenvalue weighted by atomic mass is 16.5. The van der Waals surface area contributed by atoms with Crippen molar-refractivity contribution in [2.45, 2.75) is 44.4 Å². The van der Waals surface area contributed by atoms with Crippen LogP contribution in [0.1, 0.15) is 13.3 Å². The first-order valence-corrected chi connectivity index (χ1v) is 5.42. The van der Waals surface area contributed by atoms with Gasteiger partial charge in [-0.3, -0.25) is 10.6 Å². The summed E-state index contributed by atoms with van der Waals surface area (Å²) in [4.78, 5) is 0. The lowest BCUT2D eigenvalue weighted by molar-refractivity contribution is -0.0603. The summed E-state index contributed by atoms with van der Waals surface area (Å²) in [6.45, 7) is 4.85. The van der Waals surface area contributed by atoms with Gasteiger partial charge in [0.1, 0.15) is 18.6 Å². The highest BCUT2D eigenvalue weighted by Gasteiger charge is 2.34. The van der Waals surface area contributed by atoms with Crippen LogP contribution in [0.2, 0.25) is 0 Å². The number of hydrogen-bond acceptors (Lipinski definition) is 7. The summed E-state index contributed by atoms with van der Waals surface area (Å²) >= 11 is 0. The van der Waals surface area contributed by atoms with Crippen LogP contribution in [0.5, 0.6) is 0 Å². The molecule has 1 saturated heterocycles. The van der Waals surface area contributed by atoms with E-state index in [1.165, 1.54) is 0 Å². The third kappa shape index (κ3) is 4.32. The smallest absolute Gasteiger partial charge is 0.164 e. The first-order chi connectivity index (χ1) is 7.93. The Hall–Kier alpha value is -0.540. The fourth-order valence-corrected chi connectivity index (χ4v) is 1.52. The molecule has 1 fully saturated rings. The lowest BCUT2D eigenvalue weighted by Crippen LogP contribution is -2.51. The van der Waals surface area contributed by atoms with Gasteiger partial charge in [0.15, 0.2) is 6.35 Å². The molecule has 6 N–H and O–H groups in total. The van der Waals surface area contributed by atoms with E-state index in [0.717, 1.165) is 0 Å². The Kier molecular flexibility index (Phi) is 5.47. The fraction of sp³-hybridized carbons (Fsp3) is 0.800. The molecule has 7 heteroatoms. The van der Waals surface area contributed by atoms with Gasteiger partial charge < -0.3 is 25.2 Å². The van der Waals surface area contributed by atoms with E-state index in [9.17, 15) is 15.3 Å². The molecule has 100 valence electrons. The van der Waals surface area contributed by atoms with Crippen molar-refractivity contribution < 1.29 is 25.2 Å². The second kappa shape index (κ2) is 6.41. The molecule has 0 saturated carbocycles. The van der Waals surface area contributed by atoms with Crippen molar-refractivity contribution in [3.05, 3.63) is 12.2 Å². The maximum Gasteiger partial charge on any atom is 0.164 e. The van der Waals surface area contributed by atoms with Gasteiger partial charge in [-0.05, 0) is 12.5 Å². The minimum atomic E-state index is -1.20. The molecular weight excluding hydrogens is 228 g/mol. The number of aliphatic hydroxyl groups is 4. The molecule has 0 amide bonds. The Labute approximate surface area is 99.7 Å². The third-order valence-electron chi connectivity index (χ3n) is 2.53. The second-order valence-corrected chi connectivity index (χ2v) is 4.13. The zero-order chi connectivity index (χ0) is 13.0. The van der Waals surface area contributed by atoms with Crippen molar-refractivity contribution in [3.8, 4) is 0 Å². The molecule has 1 aliphatic heterocycles.